The zero-order valence-electron chi connectivity index (χ0n) is 11.6. The summed E-state index contributed by atoms with van der Waals surface area (Å²) in [6.07, 6.45) is -3.20. The SMILES string of the molecule is COc1ccc(CN2CCOC(C(O)C(=O)O)C2=O)cc1. The molecule has 2 atom stereocenters. The van der Waals surface area contributed by atoms with Gasteiger partial charge in [-0.1, -0.05) is 12.1 Å². The van der Waals surface area contributed by atoms with Gasteiger partial charge in [0.2, 0.25) is 0 Å². The van der Waals surface area contributed by atoms with Gasteiger partial charge in [0.1, 0.15) is 5.75 Å². The Bertz CT molecular complexity index is 515. The second kappa shape index (κ2) is 6.55. The molecule has 2 N–H and O–H groups in total. The Morgan fingerprint density at radius 3 is 2.71 bits per heavy atom. The van der Waals surface area contributed by atoms with Crippen LogP contribution in [-0.2, 0) is 20.9 Å². The number of morpholine rings is 1. The number of carbonyl (C=O) groups excluding carboxylic acids is 1. The number of carbonyl (C=O) groups is 2. The van der Waals surface area contributed by atoms with Gasteiger partial charge in [-0.15, -0.1) is 0 Å². The lowest BCUT2D eigenvalue weighted by atomic mass is 10.1. The van der Waals surface area contributed by atoms with Crippen molar-refractivity contribution >= 4 is 11.9 Å². The number of rotatable bonds is 5. The molecule has 2 rings (SSSR count). The van der Waals surface area contributed by atoms with Crippen molar-refractivity contribution in [2.75, 3.05) is 20.3 Å². The van der Waals surface area contributed by atoms with Gasteiger partial charge in [0.05, 0.1) is 13.7 Å². The van der Waals surface area contributed by atoms with E-state index in [2.05, 4.69) is 0 Å². The number of carboxylic acid groups (broad SMARTS) is 1. The number of nitrogens with zero attached hydrogens (tertiary/aromatic N) is 1. The van der Waals surface area contributed by atoms with Crippen molar-refractivity contribution in [3.05, 3.63) is 29.8 Å². The van der Waals surface area contributed by atoms with Crippen LogP contribution >= 0.6 is 0 Å². The number of hydrogen-bond acceptors (Lipinski definition) is 5. The van der Waals surface area contributed by atoms with Crippen LogP contribution in [0.1, 0.15) is 5.56 Å². The third kappa shape index (κ3) is 3.50. The summed E-state index contributed by atoms with van der Waals surface area (Å²) >= 11 is 0. The van der Waals surface area contributed by atoms with Gasteiger partial charge in [-0.25, -0.2) is 4.79 Å². The summed E-state index contributed by atoms with van der Waals surface area (Å²) in [5, 5.41) is 18.3. The van der Waals surface area contributed by atoms with Crippen LogP contribution in [0.5, 0.6) is 5.75 Å². The van der Waals surface area contributed by atoms with E-state index in [-0.39, 0.29) is 6.61 Å². The summed E-state index contributed by atoms with van der Waals surface area (Å²) in [5.74, 6) is -1.28. The monoisotopic (exact) mass is 295 g/mol. The van der Waals surface area contributed by atoms with E-state index >= 15 is 0 Å². The maximum absolute atomic E-state index is 12.2. The van der Waals surface area contributed by atoms with Crippen molar-refractivity contribution in [3.63, 3.8) is 0 Å². The molecule has 1 saturated heterocycles. The fraction of sp³-hybridized carbons (Fsp3) is 0.429. The molecule has 0 aromatic heterocycles. The summed E-state index contributed by atoms with van der Waals surface area (Å²) in [6, 6.07) is 7.21. The molecule has 0 bridgehead atoms. The van der Waals surface area contributed by atoms with Crippen molar-refractivity contribution in [1.82, 2.24) is 4.90 Å². The molecule has 1 amide bonds. The van der Waals surface area contributed by atoms with E-state index < -0.39 is 24.1 Å². The van der Waals surface area contributed by atoms with E-state index in [0.29, 0.717) is 18.8 Å². The maximum atomic E-state index is 12.2. The Morgan fingerprint density at radius 1 is 1.48 bits per heavy atom. The van der Waals surface area contributed by atoms with Gasteiger partial charge in [0, 0.05) is 13.1 Å². The number of amides is 1. The number of benzene rings is 1. The Balaban J connectivity index is 2.05. The minimum absolute atomic E-state index is 0.191. The van der Waals surface area contributed by atoms with Crippen LogP contribution in [0.4, 0.5) is 0 Å². The average molecular weight is 295 g/mol. The van der Waals surface area contributed by atoms with Crippen LogP contribution in [0, 0.1) is 0 Å². The van der Waals surface area contributed by atoms with Crippen LogP contribution in [0.2, 0.25) is 0 Å². The molecule has 7 heteroatoms. The highest BCUT2D eigenvalue weighted by Gasteiger charge is 2.38. The zero-order valence-corrected chi connectivity index (χ0v) is 11.6. The van der Waals surface area contributed by atoms with Gasteiger partial charge in [-0.3, -0.25) is 4.79 Å². The van der Waals surface area contributed by atoms with E-state index in [4.69, 9.17) is 14.6 Å². The fourth-order valence-corrected chi connectivity index (χ4v) is 2.12. The number of hydrogen-bond donors (Lipinski definition) is 2. The molecule has 0 spiro atoms. The second-order valence-corrected chi connectivity index (χ2v) is 4.68. The third-order valence-corrected chi connectivity index (χ3v) is 3.29. The summed E-state index contributed by atoms with van der Waals surface area (Å²) in [7, 11) is 1.57. The van der Waals surface area contributed by atoms with Gasteiger partial charge in [0.25, 0.3) is 5.91 Å². The zero-order chi connectivity index (χ0) is 15.4. The van der Waals surface area contributed by atoms with Crippen LogP contribution in [0.15, 0.2) is 24.3 Å². The molecular weight excluding hydrogens is 278 g/mol. The number of methoxy groups -OCH3 is 1. The fourth-order valence-electron chi connectivity index (χ4n) is 2.12. The van der Waals surface area contributed by atoms with Crippen molar-refractivity contribution in [3.8, 4) is 5.75 Å². The van der Waals surface area contributed by atoms with E-state index in [9.17, 15) is 14.7 Å². The predicted octanol–water partition coefficient (Wildman–Crippen LogP) is -0.132. The van der Waals surface area contributed by atoms with Crippen LogP contribution in [-0.4, -0.2) is 59.5 Å². The van der Waals surface area contributed by atoms with E-state index in [1.54, 1.807) is 19.2 Å². The first-order valence-electron chi connectivity index (χ1n) is 6.47. The predicted molar refractivity (Wildman–Crippen MR) is 71.8 cm³/mol. The van der Waals surface area contributed by atoms with Gasteiger partial charge >= 0.3 is 5.97 Å². The standard InChI is InChI=1S/C14H17NO6/c1-20-10-4-2-9(3-5-10)8-15-6-7-21-12(13(15)17)11(16)14(18)19/h2-5,11-12,16H,6-8H2,1H3,(H,18,19). The largest absolute Gasteiger partial charge is 0.497 e. The first-order chi connectivity index (χ1) is 10.0. The van der Waals surface area contributed by atoms with Crippen molar-refractivity contribution < 1.29 is 29.3 Å². The molecule has 1 aromatic rings. The molecule has 0 radical (unpaired) electrons. The van der Waals surface area contributed by atoms with Crippen LogP contribution in [0.3, 0.4) is 0 Å². The Hall–Kier alpha value is -2.12. The highest BCUT2D eigenvalue weighted by atomic mass is 16.5. The number of ether oxygens (including phenoxy) is 2. The first kappa shape index (κ1) is 15.3. The quantitative estimate of drug-likeness (QED) is 0.785. The first-order valence-corrected chi connectivity index (χ1v) is 6.47. The number of aliphatic carboxylic acids is 1. The maximum Gasteiger partial charge on any atom is 0.335 e. The summed E-state index contributed by atoms with van der Waals surface area (Å²) in [5.41, 5.74) is 0.884. The lowest BCUT2D eigenvalue weighted by Crippen LogP contribution is -2.53. The van der Waals surface area contributed by atoms with Crippen molar-refractivity contribution in [2.45, 2.75) is 18.8 Å². The van der Waals surface area contributed by atoms with Crippen molar-refractivity contribution in [2.24, 2.45) is 0 Å². The molecule has 1 aliphatic heterocycles. The van der Waals surface area contributed by atoms with E-state index in [1.165, 1.54) is 4.90 Å². The topological polar surface area (TPSA) is 96.3 Å². The molecule has 1 heterocycles. The Kier molecular flexibility index (Phi) is 4.77. The number of carboxylic acids is 1. The Morgan fingerprint density at radius 2 is 2.14 bits per heavy atom. The van der Waals surface area contributed by atoms with Gasteiger partial charge in [0.15, 0.2) is 12.2 Å². The molecule has 0 saturated carbocycles. The van der Waals surface area contributed by atoms with Gasteiger partial charge in [-0.05, 0) is 17.7 Å². The summed E-state index contributed by atoms with van der Waals surface area (Å²) in [6.45, 7) is 0.875. The van der Waals surface area contributed by atoms with Crippen LogP contribution in [0.25, 0.3) is 0 Å². The smallest absolute Gasteiger partial charge is 0.335 e. The third-order valence-electron chi connectivity index (χ3n) is 3.29. The average Bonchev–Trinajstić information content (AvgIpc) is 2.49. The molecular formula is C14H17NO6. The lowest BCUT2D eigenvalue weighted by molar-refractivity contribution is -0.175. The number of aliphatic hydroxyl groups is 1. The van der Waals surface area contributed by atoms with Gasteiger partial charge in [-0.2, -0.15) is 0 Å². The second-order valence-electron chi connectivity index (χ2n) is 4.68. The lowest BCUT2D eigenvalue weighted by Gasteiger charge is -2.33. The minimum Gasteiger partial charge on any atom is -0.497 e. The summed E-state index contributed by atoms with van der Waals surface area (Å²) < 4.78 is 10.1. The summed E-state index contributed by atoms with van der Waals surface area (Å²) in [4.78, 5) is 24.4. The normalized spacial score (nSPS) is 20.2. The molecule has 21 heavy (non-hydrogen) atoms. The molecule has 1 aromatic carbocycles. The molecule has 1 fully saturated rings. The highest BCUT2D eigenvalue weighted by molar-refractivity contribution is 5.88. The van der Waals surface area contributed by atoms with E-state index in [0.717, 1.165) is 5.56 Å². The number of aliphatic hydroxyl groups excluding tert-OH is 1. The highest BCUT2D eigenvalue weighted by Crippen LogP contribution is 2.17. The Labute approximate surface area is 121 Å². The van der Waals surface area contributed by atoms with Gasteiger partial charge < -0.3 is 24.6 Å². The molecule has 114 valence electrons. The van der Waals surface area contributed by atoms with Crippen LogP contribution < -0.4 is 4.74 Å². The van der Waals surface area contributed by atoms with E-state index in [1.807, 2.05) is 12.1 Å². The molecule has 2 unspecified atom stereocenters. The minimum atomic E-state index is -1.85. The van der Waals surface area contributed by atoms with Crippen molar-refractivity contribution in [1.29, 1.82) is 0 Å². The molecule has 7 nitrogen and oxygen atoms in total. The molecule has 1 aliphatic rings. The molecule has 0 aliphatic carbocycles.